The molecule has 0 aromatic heterocycles. The summed E-state index contributed by atoms with van der Waals surface area (Å²) in [4.78, 5) is 22.7. The first kappa shape index (κ1) is 12.0. The van der Waals surface area contributed by atoms with Crippen molar-refractivity contribution in [3.63, 3.8) is 0 Å². The van der Waals surface area contributed by atoms with Gasteiger partial charge in [-0.15, -0.1) is 0 Å². The summed E-state index contributed by atoms with van der Waals surface area (Å²) >= 11 is 3.06. The minimum absolute atomic E-state index is 0.0362. The number of primary amides is 1. The fourth-order valence-corrected chi connectivity index (χ4v) is 1.90. The number of halogens is 2. The first-order valence-corrected chi connectivity index (χ1v) is 5.88. The number of carbonyl (C=O) groups is 2. The molecule has 0 spiro atoms. The molecule has 1 saturated carbocycles. The fourth-order valence-electron chi connectivity index (χ4n) is 1.47. The average molecular weight is 301 g/mol. The maximum Gasteiger partial charge on any atom is 0.250 e. The van der Waals surface area contributed by atoms with Crippen molar-refractivity contribution in [1.82, 2.24) is 0 Å². The van der Waals surface area contributed by atoms with Gasteiger partial charge in [-0.05, 0) is 25.0 Å². The van der Waals surface area contributed by atoms with E-state index in [9.17, 15) is 14.0 Å². The molecule has 0 bridgehead atoms. The van der Waals surface area contributed by atoms with Gasteiger partial charge in [-0.1, -0.05) is 15.9 Å². The smallest absolute Gasteiger partial charge is 0.250 e. The average Bonchev–Trinajstić information content (AvgIpc) is 3.04. The lowest BCUT2D eigenvalue weighted by atomic mass is 10.1. The Labute approximate surface area is 105 Å². The highest BCUT2D eigenvalue weighted by atomic mass is 79.9. The highest BCUT2D eigenvalue weighted by Crippen LogP contribution is 2.32. The topological polar surface area (TPSA) is 72.2 Å². The lowest BCUT2D eigenvalue weighted by Crippen LogP contribution is -2.20. The Bertz CT molecular complexity index is 500. The van der Waals surface area contributed by atoms with E-state index in [1.54, 1.807) is 0 Å². The summed E-state index contributed by atoms with van der Waals surface area (Å²) in [5, 5.41) is 2.41. The van der Waals surface area contributed by atoms with Crippen LogP contribution in [0.15, 0.2) is 16.6 Å². The molecule has 2 amide bonds. The third kappa shape index (κ3) is 2.63. The van der Waals surface area contributed by atoms with Gasteiger partial charge in [0.05, 0.1) is 11.3 Å². The zero-order valence-corrected chi connectivity index (χ0v) is 10.4. The van der Waals surface area contributed by atoms with Crippen molar-refractivity contribution in [1.29, 1.82) is 0 Å². The molecule has 0 saturated heterocycles. The lowest BCUT2D eigenvalue weighted by Gasteiger charge is -2.10. The van der Waals surface area contributed by atoms with E-state index in [0.29, 0.717) is 4.47 Å². The zero-order chi connectivity index (χ0) is 12.6. The molecule has 3 N–H and O–H groups in total. The Balaban J connectivity index is 2.36. The van der Waals surface area contributed by atoms with Gasteiger partial charge in [0.15, 0.2) is 0 Å². The van der Waals surface area contributed by atoms with Gasteiger partial charge in [0.2, 0.25) is 5.91 Å². The van der Waals surface area contributed by atoms with E-state index in [1.807, 2.05) is 0 Å². The van der Waals surface area contributed by atoms with E-state index in [1.165, 1.54) is 12.1 Å². The molecule has 2 rings (SSSR count). The van der Waals surface area contributed by atoms with Crippen LogP contribution in [0.3, 0.4) is 0 Å². The normalized spacial score (nSPS) is 14.5. The van der Waals surface area contributed by atoms with Crippen LogP contribution in [0.1, 0.15) is 23.2 Å². The maximum absolute atomic E-state index is 13.7. The van der Waals surface area contributed by atoms with Gasteiger partial charge in [-0.3, -0.25) is 9.59 Å². The number of hydrogen-bond donors (Lipinski definition) is 2. The van der Waals surface area contributed by atoms with E-state index in [0.717, 1.165) is 12.8 Å². The zero-order valence-electron chi connectivity index (χ0n) is 8.80. The second-order valence-corrected chi connectivity index (χ2v) is 4.85. The van der Waals surface area contributed by atoms with Crippen LogP contribution in [0.25, 0.3) is 0 Å². The minimum Gasteiger partial charge on any atom is -0.366 e. The summed E-state index contributed by atoms with van der Waals surface area (Å²) in [5.74, 6) is -1.80. The summed E-state index contributed by atoms with van der Waals surface area (Å²) in [5.41, 5.74) is 4.96. The first-order valence-electron chi connectivity index (χ1n) is 5.08. The van der Waals surface area contributed by atoms with E-state index in [4.69, 9.17) is 5.73 Å². The molecule has 1 aromatic rings. The van der Waals surface area contributed by atoms with E-state index < -0.39 is 11.7 Å². The second kappa shape index (κ2) is 4.44. The molecule has 6 heteroatoms. The van der Waals surface area contributed by atoms with Gasteiger partial charge in [-0.2, -0.15) is 0 Å². The summed E-state index contributed by atoms with van der Waals surface area (Å²) < 4.78 is 14.1. The molecule has 1 fully saturated rings. The number of nitrogens with two attached hydrogens (primary N) is 1. The van der Waals surface area contributed by atoms with Crippen LogP contribution in [-0.2, 0) is 4.79 Å². The first-order chi connectivity index (χ1) is 7.99. The molecular weight excluding hydrogens is 291 g/mol. The van der Waals surface area contributed by atoms with Crippen molar-refractivity contribution in [2.24, 2.45) is 11.7 Å². The van der Waals surface area contributed by atoms with Crippen molar-refractivity contribution in [3.8, 4) is 0 Å². The molecule has 0 unspecified atom stereocenters. The summed E-state index contributed by atoms with van der Waals surface area (Å²) in [6.45, 7) is 0. The number of amides is 2. The maximum atomic E-state index is 13.7. The molecular formula is C11H10BrFN2O2. The molecule has 0 radical (unpaired) electrons. The van der Waals surface area contributed by atoms with E-state index in [-0.39, 0.29) is 23.1 Å². The Kier molecular flexibility index (Phi) is 3.15. The Morgan fingerprint density at radius 2 is 2.06 bits per heavy atom. The lowest BCUT2D eigenvalue weighted by molar-refractivity contribution is -0.117. The molecule has 1 aromatic carbocycles. The Hall–Kier alpha value is -1.43. The standard InChI is InChI=1S/C11H10BrFN2O2/c12-6-3-7(10(14)16)9(8(13)4-6)15-11(17)5-1-2-5/h3-5H,1-2H2,(H2,14,16)(H,15,17). The van der Waals surface area contributed by atoms with Gasteiger partial charge in [0.25, 0.3) is 5.91 Å². The third-order valence-corrected chi connectivity index (χ3v) is 2.97. The van der Waals surface area contributed by atoms with E-state index in [2.05, 4.69) is 21.2 Å². The van der Waals surface area contributed by atoms with Crippen molar-refractivity contribution in [3.05, 3.63) is 28.0 Å². The quantitative estimate of drug-likeness (QED) is 0.896. The molecule has 1 aliphatic carbocycles. The molecule has 0 aliphatic heterocycles. The van der Waals surface area contributed by atoms with Crippen molar-refractivity contribution in [2.75, 3.05) is 5.32 Å². The van der Waals surface area contributed by atoms with Gasteiger partial charge in [0, 0.05) is 10.4 Å². The number of nitrogens with one attached hydrogen (secondary N) is 1. The Morgan fingerprint density at radius 1 is 1.41 bits per heavy atom. The van der Waals surface area contributed by atoms with Crippen LogP contribution < -0.4 is 11.1 Å². The van der Waals surface area contributed by atoms with Crippen molar-refractivity contribution < 1.29 is 14.0 Å². The number of hydrogen-bond acceptors (Lipinski definition) is 2. The molecule has 17 heavy (non-hydrogen) atoms. The molecule has 0 heterocycles. The molecule has 90 valence electrons. The van der Waals surface area contributed by atoms with Crippen LogP contribution in [0, 0.1) is 11.7 Å². The van der Waals surface area contributed by atoms with E-state index >= 15 is 0 Å². The number of benzene rings is 1. The van der Waals surface area contributed by atoms with Crippen LogP contribution in [0.2, 0.25) is 0 Å². The van der Waals surface area contributed by atoms with Gasteiger partial charge in [0.1, 0.15) is 5.82 Å². The second-order valence-electron chi connectivity index (χ2n) is 3.94. The molecule has 0 atom stereocenters. The predicted molar refractivity (Wildman–Crippen MR) is 64.0 cm³/mol. The van der Waals surface area contributed by atoms with Crippen LogP contribution in [0.5, 0.6) is 0 Å². The fraction of sp³-hybridized carbons (Fsp3) is 0.273. The molecule has 4 nitrogen and oxygen atoms in total. The van der Waals surface area contributed by atoms with Crippen LogP contribution >= 0.6 is 15.9 Å². The summed E-state index contributed by atoms with van der Waals surface area (Å²) in [6, 6.07) is 2.56. The monoisotopic (exact) mass is 300 g/mol. The van der Waals surface area contributed by atoms with Crippen molar-refractivity contribution in [2.45, 2.75) is 12.8 Å². The largest absolute Gasteiger partial charge is 0.366 e. The molecule has 1 aliphatic rings. The highest BCUT2D eigenvalue weighted by Gasteiger charge is 2.31. The summed E-state index contributed by atoms with van der Waals surface area (Å²) in [7, 11) is 0. The SMILES string of the molecule is NC(=O)c1cc(Br)cc(F)c1NC(=O)C1CC1. The highest BCUT2D eigenvalue weighted by molar-refractivity contribution is 9.10. The van der Waals surface area contributed by atoms with Gasteiger partial charge < -0.3 is 11.1 Å². The summed E-state index contributed by atoms with van der Waals surface area (Å²) in [6.07, 6.45) is 1.60. The minimum atomic E-state index is -0.781. The number of rotatable bonds is 3. The van der Waals surface area contributed by atoms with Crippen molar-refractivity contribution >= 4 is 33.4 Å². The third-order valence-electron chi connectivity index (χ3n) is 2.52. The van der Waals surface area contributed by atoms with Gasteiger partial charge >= 0.3 is 0 Å². The number of carbonyl (C=O) groups excluding carboxylic acids is 2. The van der Waals surface area contributed by atoms with Crippen LogP contribution in [0.4, 0.5) is 10.1 Å². The Morgan fingerprint density at radius 3 is 2.59 bits per heavy atom. The number of anilines is 1. The van der Waals surface area contributed by atoms with Crippen LogP contribution in [-0.4, -0.2) is 11.8 Å². The predicted octanol–water partition coefficient (Wildman–Crippen LogP) is 2.04. The van der Waals surface area contributed by atoms with Gasteiger partial charge in [-0.25, -0.2) is 4.39 Å².